The molecule has 0 aliphatic carbocycles. The minimum atomic E-state index is -0.0667. The number of thiazole rings is 1. The van der Waals surface area contributed by atoms with E-state index in [1.807, 2.05) is 30.3 Å². The van der Waals surface area contributed by atoms with Crippen molar-refractivity contribution in [3.8, 4) is 5.75 Å². The molecule has 6 heteroatoms. The number of hydrogen-bond acceptors (Lipinski definition) is 4. The summed E-state index contributed by atoms with van der Waals surface area (Å²) in [6.45, 7) is 0. The fraction of sp³-hybridized carbons (Fsp3) is 0.176. The lowest BCUT2D eigenvalue weighted by Crippen LogP contribution is -2.12. The molecule has 0 unspecified atom stereocenters. The minimum absolute atomic E-state index is 0.0667. The lowest BCUT2D eigenvalue weighted by Gasteiger charge is -2.02. The number of fused-ring (bicyclic) bond motifs is 1. The maximum atomic E-state index is 12.1. The number of amides is 1. The molecule has 4 nitrogen and oxygen atoms in total. The Morgan fingerprint density at radius 2 is 2.04 bits per heavy atom. The summed E-state index contributed by atoms with van der Waals surface area (Å²) in [5.74, 6) is 0.577. The van der Waals surface area contributed by atoms with Gasteiger partial charge in [-0.05, 0) is 24.1 Å². The van der Waals surface area contributed by atoms with Crippen LogP contribution in [0.2, 0.25) is 5.02 Å². The van der Waals surface area contributed by atoms with Gasteiger partial charge in [-0.25, -0.2) is 4.98 Å². The number of rotatable bonds is 5. The van der Waals surface area contributed by atoms with Crippen LogP contribution in [-0.2, 0) is 11.2 Å². The zero-order valence-electron chi connectivity index (χ0n) is 12.5. The van der Waals surface area contributed by atoms with Crippen LogP contribution in [0.1, 0.15) is 12.0 Å². The van der Waals surface area contributed by atoms with Crippen molar-refractivity contribution < 1.29 is 9.53 Å². The molecule has 1 amide bonds. The first kappa shape index (κ1) is 15.8. The lowest BCUT2D eigenvalue weighted by molar-refractivity contribution is -0.116. The number of anilines is 1. The molecule has 3 aromatic rings. The SMILES string of the molecule is COc1ccc(Cl)c2sc(NC(=O)CCc3ccccc3)nc12. The first-order chi connectivity index (χ1) is 11.2. The highest BCUT2D eigenvalue weighted by Crippen LogP contribution is 2.37. The number of halogens is 1. The van der Waals surface area contributed by atoms with Crippen molar-refractivity contribution >= 4 is 44.2 Å². The number of benzene rings is 2. The Hall–Kier alpha value is -2.11. The highest BCUT2D eigenvalue weighted by molar-refractivity contribution is 7.23. The van der Waals surface area contributed by atoms with Gasteiger partial charge in [0.05, 0.1) is 16.8 Å². The standard InChI is InChI=1S/C17H15ClN2O2S/c1-22-13-9-8-12(18)16-15(13)20-17(23-16)19-14(21)10-7-11-5-3-2-4-6-11/h2-6,8-9H,7,10H2,1H3,(H,19,20,21). The summed E-state index contributed by atoms with van der Waals surface area (Å²) in [5, 5.41) is 3.97. The van der Waals surface area contributed by atoms with Crippen LogP contribution >= 0.6 is 22.9 Å². The number of carbonyl (C=O) groups excluding carboxylic acids is 1. The van der Waals surface area contributed by atoms with Crippen molar-refractivity contribution in [2.45, 2.75) is 12.8 Å². The summed E-state index contributed by atoms with van der Waals surface area (Å²) in [7, 11) is 1.58. The van der Waals surface area contributed by atoms with Crippen molar-refractivity contribution in [3.63, 3.8) is 0 Å². The van der Waals surface area contributed by atoms with Gasteiger partial charge in [0.1, 0.15) is 11.3 Å². The molecule has 1 heterocycles. The third-order valence-corrected chi connectivity index (χ3v) is 4.84. The second-order valence-electron chi connectivity index (χ2n) is 4.98. The van der Waals surface area contributed by atoms with Crippen LogP contribution in [0, 0.1) is 0 Å². The number of aryl methyl sites for hydroxylation is 1. The molecule has 0 aliphatic rings. The number of methoxy groups -OCH3 is 1. The summed E-state index contributed by atoms with van der Waals surface area (Å²) in [6, 6.07) is 13.4. The smallest absolute Gasteiger partial charge is 0.226 e. The largest absolute Gasteiger partial charge is 0.494 e. The van der Waals surface area contributed by atoms with Gasteiger partial charge in [-0.1, -0.05) is 53.3 Å². The maximum absolute atomic E-state index is 12.1. The van der Waals surface area contributed by atoms with E-state index >= 15 is 0 Å². The second kappa shape index (κ2) is 6.98. The third-order valence-electron chi connectivity index (χ3n) is 3.41. The van der Waals surface area contributed by atoms with E-state index in [2.05, 4.69) is 10.3 Å². The predicted octanol–water partition coefficient (Wildman–Crippen LogP) is 4.53. The molecule has 0 aliphatic heterocycles. The summed E-state index contributed by atoms with van der Waals surface area (Å²) >= 11 is 7.53. The van der Waals surface area contributed by atoms with Crippen molar-refractivity contribution in [2.75, 3.05) is 12.4 Å². The first-order valence-corrected chi connectivity index (χ1v) is 8.33. The molecule has 2 aromatic carbocycles. The molecule has 3 rings (SSSR count). The molecule has 0 fully saturated rings. The fourth-order valence-corrected chi connectivity index (χ4v) is 3.43. The average Bonchev–Trinajstić information content (AvgIpc) is 2.99. The van der Waals surface area contributed by atoms with E-state index in [0.717, 1.165) is 10.3 Å². The van der Waals surface area contributed by atoms with E-state index in [1.165, 1.54) is 11.3 Å². The van der Waals surface area contributed by atoms with Gasteiger partial charge < -0.3 is 10.1 Å². The number of ether oxygens (including phenoxy) is 1. The molecule has 0 spiro atoms. The quantitative estimate of drug-likeness (QED) is 0.738. The van der Waals surface area contributed by atoms with E-state index in [-0.39, 0.29) is 5.91 Å². The van der Waals surface area contributed by atoms with E-state index in [1.54, 1.807) is 19.2 Å². The van der Waals surface area contributed by atoms with Gasteiger partial charge in [-0.2, -0.15) is 0 Å². The summed E-state index contributed by atoms with van der Waals surface area (Å²) < 4.78 is 6.09. The average molecular weight is 347 g/mol. The van der Waals surface area contributed by atoms with Crippen molar-refractivity contribution in [1.82, 2.24) is 4.98 Å². The van der Waals surface area contributed by atoms with Gasteiger partial charge in [-0.3, -0.25) is 4.79 Å². The Morgan fingerprint density at radius 1 is 1.26 bits per heavy atom. The van der Waals surface area contributed by atoms with Crippen molar-refractivity contribution in [3.05, 3.63) is 53.1 Å². The van der Waals surface area contributed by atoms with E-state index < -0.39 is 0 Å². The topological polar surface area (TPSA) is 51.2 Å². The van der Waals surface area contributed by atoms with Crippen LogP contribution in [0.4, 0.5) is 5.13 Å². The van der Waals surface area contributed by atoms with Crippen LogP contribution in [0.15, 0.2) is 42.5 Å². The van der Waals surface area contributed by atoms with Gasteiger partial charge in [0.25, 0.3) is 0 Å². The van der Waals surface area contributed by atoms with Crippen molar-refractivity contribution in [1.29, 1.82) is 0 Å². The monoisotopic (exact) mass is 346 g/mol. The second-order valence-corrected chi connectivity index (χ2v) is 6.39. The number of nitrogens with one attached hydrogen (secondary N) is 1. The van der Waals surface area contributed by atoms with Crippen LogP contribution in [0.5, 0.6) is 5.75 Å². The normalized spacial score (nSPS) is 10.7. The zero-order chi connectivity index (χ0) is 16.2. The Morgan fingerprint density at radius 3 is 2.78 bits per heavy atom. The number of aromatic nitrogens is 1. The number of carbonyl (C=O) groups is 1. The lowest BCUT2D eigenvalue weighted by atomic mass is 10.1. The Balaban J connectivity index is 1.71. The molecule has 118 valence electrons. The summed E-state index contributed by atoms with van der Waals surface area (Å²) in [4.78, 5) is 16.5. The van der Waals surface area contributed by atoms with Crippen LogP contribution in [0.3, 0.4) is 0 Å². The van der Waals surface area contributed by atoms with E-state index in [0.29, 0.717) is 34.3 Å². The molecule has 1 aromatic heterocycles. The van der Waals surface area contributed by atoms with Crippen LogP contribution < -0.4 is 10.1 Å². The number of hydrogen-bond donors (Lipinski definition) is 1. The molecule has 23 heavy (non-hydrogen) atoms. The molecular weight excluding hydrogens is 332 g/mol. The predicted molar refractivity (Wildman–Crippen MR) is 94.6 cm³/mol. The van der Waals surface area contributed by atoms with Crippen LogP contribution in [-0.4, -0.2) is 18.0 Å². The third kappa shape index (κ3) is 3.63. The van der Waals surface area contributed by atoms with Gasteiger partial charge >= 0.3 is 0 Å². The number of nitrogens with zero attached hydrogens (tertiary/aromatic N) is 1. The summed E-state index contributed by atoms with van der Waals surface area (Å²) in [6.07, 6.45) is 1.10. The van der Waals surface area contributed by atoms with Crippen molar-refractivity contribution in [2.24, 2.45) is 0 Å². The summed E-state index contributed by atoms with van der Waals surface area (Å²) in [5.41, 5.74) is 1.81. The Bertz CT molecular complexity index is 833. The van der Waals surface area contributed by atoms with Gasteiger partial charge in [0.2, 0.25) is 5.91 Å². The highest BCUT2D eigenvalue weighted by atomic mass is 35.5. The minimum Gasteiger partial charge on any atom is -0.494 e. The maximum Gasteiger partial charge on any atom is 0.226 e. The van der Waals surface area contributed by atoms with Gasteiger partial charge in [0, 0.05) is 6.42 Å². The molecular formula is C17H15ClN2O2S. The molecule has 1 N–H and O–H groups in total. The fourth-order valence-electron chi connectivity index (χ4n) is 2.25. The first-order valence-electron chi connectivity index (χ1n) is 7.14. The molecule has 0 bridgehead atoms. The molecule has 0 saturated carbocycles. The Labute approximate surface area is 143 Å². The van der Waals surface area contributed by atoms with Gasteiger partial charge in [-0.15, -0.1) is 0 Å². The molecule has 0 atom stereocenters. The van der Waals surface area contributed by atoms with Crippen LogP contribution in [0.25, 0.3) is 10.2 Å². The highest BCUT2D eigenvalue weighted by Gasteiger charge is 2.13. The Kier molecular flexibility index (Phi) is 4.79. The van der Waals surface area contributed by atoms with Gasteiger partial charge in [0.15, 0.2) is 5.13 Å². The van der Waals surface area contributed by atoms with E-state index in [4.69, 9.17) is 16.3 Å². The molecule has 0 radical (unpaired) electrons. The van der Waals surface area contributed by atoms with E-state index in [9.17, 15) is 4.79 Å². The molecule has 0 saturated heterocycles. The zero-order valence-corrected chi connectivity index (χ0v) is 14.1.